The van der Waals surface area contributed by atoms with Gasteiger partial charge in [0.15, 0.2) is 0 Å². The van der Waals surface area contributed by atoms with Crippen molar-refractivity contribution in [2.24, 2.45) is 0 Å². The van der Waals surface area contributed by atoms with Crippen molar-refractivity contribution >= 4 is 0 Å². The molecule has 0 saturated heterocycles. The van der Waals surface area contributed by atoms with E-state index in [4.69, 9.17) is 0 Å². The smallest absolute Gasteiger partial charge is 0.251 e. The minimum atomic E-state index is -0.183. The lowest BCUT2D eigenvalue weighted by Gasteiger charge is -2.17. The predicted octanol–water partition coefficient (Wildman–Crippen LogP) is 2.13. The molecule has 17 heavy (non-hydrogen) atoms. The van der Waals surface area contributed by atoms with Gasteiger partial charge >= 0.3 is 0 Å². The number of aromatic nitrogens is 3. The number of nitrogens with zero attached hydrogens (tertiary/aromatic N) is 2. The predicted molar refractivity (Wildman–Crippen MR) is 66.8 cm³/mol. The monoisotopic (exact) mass is 229 g/mol. The number of nitrogens with one attached hydrogen (secondary N) is 1. The number of aromatic amines is 1. The molecule has 4 nitrogen and oxygen atoms in total. The first-order valence-corrected chi connectivity index (χ1v) is 5.49. The zero-order valence-corrected chi connectivity index (χ0v) is 10.2. The molecular weight excluding hydrogens is 214 g/mol. The van der Waals surface area contributed by atoms with Crippen LogP contribution in [0.5, 0.6) is 0 Å². The lowest BCUT2D eigenvalue weighted by atomic mass is 9.95. The average molecular weight is 229 g/mol. The topological polar surface area (TPSA) is 58.6 Å². The minimum absolute atomic E-state index is 0.135. The summed E-state index contributed by atoms with van der Waals surface area (Å²) in [6, 6.07) is 5.21. The van der Waals surface area contributed by atoms with Crippen LogP contribution in [0.2, 0.25) is 0 Å². The average Bonchev–Trinajstić information content (AvgIpc) is 2.28. The molecule has 0 saturated carbocycles. The van der Waals surface area contributed by atoms with Gasteiger partial charge in [0.05, 0.1) is 5.69 Å². The van der Waals surface area contributed by atoms with Crippen molar-refractivity contribution in [1.29, 1.82) is 0 Å². The van der Waals surface area contributed by atoms with Gasteiger partial charge in [-0.1, -0.05) is 20.8 Å². The lowest BCUT2D eigenvalue weighted by Crippen LogP contribution is -2.21. The molecule has 2 rings (SSSR count). The Hall–Kier alpha value is -1.97. The van der Waals surface area contributed by atoms with E-state index >= 15 is 0 Å². The summed E-state index contributed by atoms with van der Waals surface area (Å²) in [5.74, 6) is 0.684. The van der Waals surface area contributed by atoms with E-state index in [2.05, 4.69) is 15.0 Å². The van der Waals surface area contributed by atoms with Gasteiger partial charge in [-0.05, 0) is 12.1 Å². The fourth-order valence-corrected chi connectivity index (χ4v) is 1.47. The first-order valence-electron chi connectivity index (χ1n) is 5.49. The molecule has 0 spiro atoms. The molecule has 4 heteroatoms. The number of hydrogen-bond donors (Lipinski definition) is 1. The van der Waals surface area contributed by atoms with Gasteiger partial charge in [0.2, 0.25) is 0 Å². The molecule has 0 fully saturated rings. The van der Waals surface area contributed by atoms with Crippen LogP contribution in [0.15, 0.2) is 35.4 Å². The Bertz CT molecular complexity index is 567. The fourth-order valence-electron chi connectivity index (χ4n) is 1.47. The Balaban J connectivity index is 2.58. The highest BCUT2D eigenvalue weighted by Gasteiger charge is 2.17. The van der Waals surface area contributed by atoms with Gasteiger partial charge in [0, 0.05) is 29.4 Å². The van der Waals surface area contributed by atoms with Crippen LogP contribution in [0.3, 0.4) is 0 Å². The van der Waals surface area contributed by atoms with Crippen LogP contribution in [0.4, 0.5) is 0 Å². The maximum Gasteiger partial charge on any atom is 0.251 e. The summed E-state index contributed by atoms with van der Waals surface area (Å²) >= 11 is 0. The number of pyridine rings is 1. The van der Waals surface area contributed by atoms with E-state index in [1.165, 1.54) is 6.07 Å². The quantitative estimate of drug-likeness (QED) is 0.815. The highest BCUT2D eigenvalue weighted by atomic mass is 16.1. The maximum absolute atomic E-state index is 11.6. The summed E-state index contributed by atoms with van der Waals surface area (Å²) in [6.45, 7) is 6.04. The molecule has 0 bridgehead atoms. The summed E-state index contributed by atoms with van der Waals surface area (Å²) in [5.41, 5.74) is 1.19. The van der Waals surface area contributed by atoms with Crippen LogP contribution in [-0.4, -0.2) is 15.0 Å². The fraction of sp³-hybridized carbons (Fsp3) is 0.308. The molecule has 0 unspecified atom stereocenters. The van der Waals surface area contributed by atoms with Crippen LogP contribution in [0, 0.1) is 0 Å². The van der Waals surface area contributed by atoms with Gasteiger partial charge in [0.25, 0.3) is 5.56 Å². The van der Waals surface area contributed by atoms with Crippen molar-refractivity contribution in [2.75, 3.05) is 0 Å². The lowest BCUT2D eigenvalue weighted by molar-refractivity contribution is 0.543. The second kappa shape index (κ2) is 4.13. The Kier molecular flexibility index (Phi) is 2.79. The minimum Gasteiger partial charge on any atom is -0.310 e. The van der Waals surface area contributed by atoms with Gasteiger partial charge in [-0.2, -0.15) is 0 Å². The van der Waals surface area contributed by atoms with E-state index in [-0.39, 0.29) is 11.0 Å². The molecule has 0 atom stereocenters. The first kappa shape index (κ1) is 11.5. The second-order valence-corrected chi connectivity index (χ2v) is 4.97. The molecule has 0 aliphatic rings. The summed E-state index contributed by atoms with van der Waals surface area (Å²) in [4.78, 5) is 22.9. The van der Waals surface area contributed by atoms with Gasteiger partial charge in [-0.15, -0.1) is 0 Å². The highest BCUT2D eigenvalue weighted by Crippen LogP contribution is 2.20. The maximum atomic E-state index is 11.6. The number of rotatable bonds is 1. The molecule has 0 radical (unpaired) electrons. The Morgan fingerprint density at radius 3 is 2.65 bits per heavy atom. The first-order chi connectivity index (χ1) is 7.97. The van der Waals surface area contributed by atoms with Crippen molar-refractivity contribution in [3.05, 3.63) is 46.8 Å². The van der Waals surface area contributed by atoms with Gasteiger partial charge < -0.3 is 4.98 Å². The molecule has 2 aromatic rings. The van der Waals surface area contributed by atoms with E-state index in [0.29, 0.717) is 11.5 Å². The van der Waals surface area contributed by atoms with Gasteiger partial charge in [-0.3, -0.25) is 9.78 Å². The summed E-state index contributed by atoms with van der Waals surface area (Å²) < 4.78 is 0. The van der Waals surface area contributed by atoms with E-state index in [0.717, 1.165) is 5.56 Å². The van der Waals surface area contributed by atoms with Crippen LogP contribution >= 0.6 is 0 Å². The summed E-state index contributed by atoms with van der Waals surface area (Å²) in [7, 11) is 0. The molecule has 2 heterocycles. The molecular formula is C13H15N3O. The van der Waals surface area contributed by atoms with E-state index in [1.54, 1.807) is 12.4 Å². The second-order valence-electron chi connectivity index (χ2n) is 4.97. The van der Waals surface area contributed by atoms with Gasteiger partial charge in [-0.25, -0.2) is 4.98 Å². The van der Waals surface area contributed by atoms with E-state index in [9.17, 15) is 4.79 Å². The summed E-state index contributed by atoms with van der Waals surface area (Å²) in [5, 5.41) is 0. The third-order valence-electron chi connectivity index (χ3n) is 2.41. The standard InChI is InChI=1S/C13H15N3O/c1-13(2,3)12-15-10(7-11(17)16-12)9-5-4-6-14-8-9/h4-8H,1-3H3,(H,15,16,17). The van der Waals surface area contributed by atoms with Crippen LogP contribution in [0.1, 0.15) is 26.6 Å². The number of hydrogen-bond acceptors (Lipinski definition) is 3. The highest BCUT2D eigenvalue weighted by molar-refractivity contribution is 5.57. The Morgan fingerprint density at radius 2 is 2.06 bits per heavy atom. The van der Waals surface area contributed by atoms with E-state index < -0.39 is 0 Å². The van der Waals surface area contributed by atoms with Crippen molar-refractivity contribution in [3.8, 4) is 11.3 Å². The van der Waals surface area contributed by atoms with Crippen LogP contribution in [-0.2, 0) is 5.41 Å². The van der Waals surface area contributed by atoms with Crippen LogP contribution in [0.25, 0.3) is 11.3 Å². The zero-order valence-electron chi connectivity index (χ0n) is 10.2. The van der Waals surface area contributed by atoms with Gasteiger partial charge in [0.1, 0.15) is 5.82 Å². The van der Waals surface area contributed by atoms with Crippen molar-refractivity contribution < 1.29 is 0 Å². The summed E-state index contributed by atoms with van der Waals surface area (Å²) in [6.07, 6.45) is 3.40. The Labute approximate surface area is 99.8 Å². The number of H-pyrrole nitrogens is 1. The molecule has 0 aliphatic carbocycles. The van der Waals surface area contributed by atoms with E-state index in [1.807, 2.05) is 32.9 Å². The molecule has 0 amide bonds. The largest absolute Gasteiger partial charge is 0.310 e. The Morgan fingerprint density at radius 1 is 1.29 bits per heavy atom. The SMILES string of the molecule is CC(C)(C)c1nc(-c2cccnc2)cc(=O)[nH]1. The zero-order chi connectivity index (χ0) is 12.5. The molecule has 0 aromatic carbocycles. The molecule has 0 aliphatic heterocycles. The van der Waals surface area contributed by atoms with Crippen LogP contribution < -0.4 is 5.56 Å². The molecule has 88 valence electrons. The normalized spacial score (nSPS) is 11.5. The van der Waals surface area contributed by atoms with Crippen molar-refractivity contribution in [2.45, 2.75) is 26.2 Å². The third-order valence-corrected chi connectivity index (χ3v) is 2.41. The molecule has 1 N–H and O–H groups in total. The third kappa shape index (κ3) is 2.58. The molecule has 2 aromatic heterocycles. The van der Waals surface area contributed by atoms with Crippen molar-refractivity contribution in [3.63, 3.8) is 0 Å². The van der Waals surface area contributed by atoms with Crippen molar-refractivity contribution in [1.82, 2.24) is 15.0 Å².